The minimum Gasteiger partial charge on any atom is -0.323 e. The summed E-state index contributed by atoms with van der Waals surface area (Å²) >= 11 is 12.6. The Morgan fingerprint density at radius 1 is 1.44 bits per heavy atom. The molecule has 1 rings (SSSR count). The van der Waals surface area contributed by atoms with Crippen LogP contribution in [0.3, 0.4) is 0 Å². The number of benzene rings is 1. The van der Waals surface area contributed by atoms with Crippen molar-refractivity contribution in [3.05, 3.63) is 26.1 Å². The summed E-state index contributed by atoms with van der Waals surface area (Å²) in [5.41, 5.74) is 6.46. The van der Waals surface area contributed by atoms with Crippen molar-refractivity contribution >= 4 is 55.1 Å². The first-order valence-corrected chi connectivity index (χ1v) is 7.63. The number of anilines is 1. The summed E-state index contributed by atoms with van der Waals surface area (Å²) in [6.45, 7) is 2.07. The fraction of sp³-hybridized carbons (Fsp3) is 0.417. The minimum atomic E-state index is -0.487. The van der Waals surface area contributed by atoms with E-state index in [1.165, 1.54) is 0 Å². The lowest BCUT2D eigenvalue weighted by molar-refractivity contribution is -0.117. The van der Waals surface area contributed by atoms with Gasteiger partial charge in [-0.05, 0) is 50.4 Å². The van der Waals surface area contributed by atoms with Gasteiger partial charge in [-0.15, -0.1) is 0 Å². The van der Waals surface area contributed by atoms with E-state index in [9.17, 15) is 4.79 Å². The minimum absolute atomic E-state index is 0.188. The van der Waals surface area contributed by atoms with E-state index < -0.39 is 6.04 Å². The highest BCUT2D eigenvalue weighted by atomic mass is 79.9. The lowest BCUT2D eigenvalue weighted by atomic mass is 10.1. The molecule has 0 radical (unpaired) electrons. The summed E-state index contributed by atoms with van der Waals surface area (Å²) in [6.07, 6.45) is 2.65. The highest BCUT2D eigenvalue weighted by Crippen LogP contribution is 2.34. The zero-order valence-corrected chi connectivity index (χ0v) is 13.9. The summed E-state index contributed by atoms with van der Waals surface area (Å²) < 4.78 is 1.44. The molecular formula is C12H15Br2ClN2O. The average molecular weight is 399 g/mol. The van der Waals surface area contributed by atoms with Gasteiger partial charge in [-0.25, -0.2) is 0 Å². The van der Waals surface area contributed by atoms with E-state index >= 15 is 0 Å². The lowest BCUT2D eigenvalue weighted by Crippen LogP contribution is -2.35. The topological polar surface area (TPSA) is 55.1 Å². The Balaban J connectivity index is 2.76. The van der Waals surface area contributed by atoms with Crippen LogP contribution in [-0.4, -0.2) is 11.9 Å². The maximum absolute atomic E-state index is 11.9. The van der Waals surface area contributed by atoms with E-state index in [-0.39, 0.29) is 5.91 Å². The van der Waals surface area contributed by atoms with Crippen LogP contribution in [0.1, 0.15) is 26.2 Å². The number of unbranched alkanes of at least 4 members (excludes halogenated alkanes) is 1. The second-order valence-corrected chi connectivity index (χ2v) is 6.13. The Labute approximate surface area is 129 Å². The Morgan fingerprint density at radius 3 is 2.50 bits per heavy atom. The van der Waals surface area contributed by atoms with E-state index in [2.05, 4.69) is 44.1 Å². The Morgan fingerprint density at radius 2 is 2.00 bits per heavy atom. The second kappa shape index (κ2) is 7.48. The van der Waals surface area contributed by atoms with E-state index in [1.807, 2.05) is 0 Å². The molecule has 0 spiro atoms. The summed E-state index contributed by atoms with van der Waals surface area (Å²) in [5, 5.41) is 3.38. The van der Waals surface area contributed by atoms with Crippen LogP contribution < -0.4 is 11.1 Å². The Hall–Kier alpha value is -0.100. The molecule has 3 N–H and O–H groups in total. The summed E-state index contributed by atoms with van der Waals surface area (Å²) in [5.74, 6) is -0.188. The van der Waals surface area contributed by atoms with E-state index in [4.69, 9.17) is 17.3 Å². The molecule has 0 unspecified atom stereocenters. The number of hydrogen-bond donors (Lipinski definition) is 2. The van der Waals surface area contributed by atoms with Gasteiger partial charge in [-0.2, -0.15) is 0 Å². The predicted molar refractivity (Wildman–Crippen MR) is 83.0 cm³/mol. The number of halogens is 3. The first-order valence-electron chi connectivity index (χ1n) is 5.66. The quantitative estimate of drug-likeness (QED) is 0.776. The maximum atomic E-state index is 11.9. The van der Waals surface area contributed by atoms with Gasteiger partial charge in [0.1, 0.15) is 0 Å². The van der Waals surface area contributed by atoms with Gasteiger partial charge in [-0.1, -0.05) is 31.4 Å². The third-order valence-electron chi connectivity index (χ3n) is 2.46. The molecule has 0 aliphatic carbocycles. The van der Waals surface area contributed by atoms with E-state index in [1.54, 1.807) is 12.1 Å². The normalized spacial score (nSPS) is 12.3. The van der Waals surface area contributed by atoms with Crippen molar-refractivity contribution < 1.29 is 4.79 Å². The van der Waals surface area contributed by atoms with Gasteiger partial charge in [-0.3, -0.25) is 4.79 Å². The summed E-state index contributed by atoms with van der Waals surface area (Å²) in [6, 6.07) is 2.96. The van der Waals surface area contributed by atoms with Crippen LogP contribution in [0, 0.1) is 0 Å². The third-order valence-corrected chi connectivity index (χ3v) is 3.93. The van der Waals surface area contributed by atoms with E-state index in [0.717, 1.165) is 21.8 Å². The molecule has 1 amide bonds. The molecule has 3 nitrogen and oxygen atoms in total. The van der Waals surface area contributed by atoms with Crippen molar-refractivity contribution in [1.29, 1.82) is 0 Å². The highest BCUT2D eigenvalue weighted by Gasteiger charge is 2.16. The van der Waals surface area contributed by atoms with Crippen LogP contribution in [0.25, 0.3) is 0 Å². The van der Waals surface area contributed by atoms with Crippen LogP contribution in [-0.2, 0) is 4.79 Å². The number of carbonyl (C=O) groups excluding carboxylic acids is 1. The lowest BCUT2D eigenvalue weighted by Gasteiger charge is -2.14. The number of rotatable bonds is 5. The Bertz CT molecular complexity index is 417. The van der Waals surface area contributed by atoms with Crippen LogP contribution in [0.4, 0.5) is 5.69 Å². The molecule has 0 saturated carbocycles. The zero-order chi connectivity index (χ0) is 13.7. The second-order valence-electron chi connectivity index (χ2n) is 3.98. The van der Waals surface area contributed by atoms with Crippen molar-refractivity contribution in [3.63, 3.8) is 0 Å². The van der Waals surface area contributed by atoms with Crippen molar-refractivity contribution in [2.45, 2.75) is 32.2 Å². The SMILES string of the molecule is CCCC[C@H](N)C(=O)Nc1c(Br)cc(Cl)cc1Br. The number of carbonyl (C=O) groups is 1. The zero-order valence-electron chi connectivity index (χ0n) is 9.97. The molecule has 0 fully saturated rings. The van der Waals surface area contributed by atoms with Crippen LogP contribution in [0.2, 0.25) is 5.02 Å². The van der Waals surface area contributed by atoms with Crippen molar-refractivity contribution in [3.8, 4) is 0 Å². The van der Waals surface area contributed by atoms with Crippen molar-refractivity contribution in [2.24, 2.45) is 5.73 Å². The van der Waals surface area contributed by atoms with Crippen molar-refractivity contribution in [1.82, 2.24) is 0 Å². The first kappa shape index (κ1) is 16.0. The molecule has 6 heteroatoms. The number of nitrogens with two attached hydrogens (primary N) is 1. The number of nitrogens with one attached hydrogen (secondary N) is 1. The molecule has 0 aromatic heterocycles. The van der Waals surface area contributed by atoms with Crippen LogP contribution in [0.15, 0.2) is 21.1 Å². The molecule has 1 aromatic carbocycles. The van der Waals surface area contributed by atoms with Crippen LogP contribution in [0.5, 0.6) is 0 Å². The Kier molecular flexibility index (Phi) is 6.63. The number of hydrogen-bond acceptors (Lipinski definition) is 2. The van der Waals surface area contributed by atoms with Crippen molar-refractivity contribution in [2.75, 3.05) is 5.32 Å². The molecule has 0 saturated heterocycles. The van der Waals surface area contributed by atoms with E-state index in [0.29, 0.717) is 17.1 Å². The maximum Gasteiger partial charge on any atom is 0.241 e. The molecule has 100 valence electrons. The smallest absolute Gasteiger partial charge is 0.241 e. The molecule has 0 bridgehead atoms. The van der Waals surface area contributed by atoms with Gasteiger partial charge in [0.05, 0.1) is 11.7 Å². The first-order chi connectivity index (χ1) is 8.45. The fourth-order valence-corrected chi connectivity index (χ4v) is 3.30. The van der Waals surface area contributed by atoms with Crippen LogP contribution >= 0.6 is 43.5 Å². The summed E-state index contributed by atoms with van der Waals surface area (Å²) in [7, 11) is 0. The molecule has 1 aromatic rings. The van der Waals surface area contributed by atoms with Gasteiger partial charge in [0, 0.05) is 14.0 Å². The highest BCUT2D eigenvalue weighted by molar-refractivity contribution is 9.11. The molecule has 1 atom stereocenters. The predicted octanol–water partition coefficient (Wildman–Crippen LogP) is 4.32. The summed E-state index contributed by atoms with van der Waals surface area (Å²) in [4.78, 5) is 11.9. The fourth-order valence-electron chi connectivity index (χ4n) is 1.43. The van der Waals surface area contributed by atoms with Gasteiger partial charge in [0.15, 0.2) is 0 Å². The third kappa shape index (κ3) is 4.53. The van der Waals surface area contributed by atoms with Gasteiger partial charge in [0.25, 0.3) is 0 Å². The molecule has 0 aliphatic rings. The standard InChI is InChI=1S/C12H15Br2ClN2O/c1-2-3-4-10(16)12(18)17-11-8(13)5-7(15)6-9(11)14/h5-6,10H,2-4,16H2,1H3,(H,17,18)/t10-/m0/s1. The molecule has 18 heavy (non-hydrogen) atoms. The van der Waals surface area contributed by atoms with Gasteiger partial charge >= 0.3 is 0 Å². The van der Waals surface area contributed by atoms with Gasteiger partial charge < -0.3 is 11.1 Å². The number of amides is 1. The monoisotopic (exact) mass is 396 g/mol. The average Bonchev–Trinajstić information content (AvgIpc) is 2.30. The largest absolute Gasteiger partial charge is 0.323 e. The molecule has 0 heterocycles. The molecule has 0 aliphatic heterocycles. The molecular weight excluding hydrogens is 383 g/mol. The van der Waals surface area contributed by atoms with Gasteiger partial charge in [0.2, 0.25) is 5.91 Å².